The Morgan fingerprint density at radius 2 is 0.750 bits per heavy atom. The number of carbonyl (C=O) groups excluding carboxylic acids is 1. The van der Waals surface area contributed by atoms with Crippen LogP contribution in [0.2, 0.25) is 0 Å². The van der Waals surface area contributed by atoms with Crippen LogP contribution in [0.25, 0.3) is 0 Å². The highest BCUT2D eigenvalue weighted by atomic mass is 16.8. The monoisotopic (exact) mass is 1210 g/mol. The lowest BCUT2D eigenvalue weighted by molar-refractivity contribution is -0.379. The van der Waals surface area contributed by atoms with Crippen molar-refractivity contribution in [1.82, 2.24) is 5.32 Å². The summed E-state index contributed by atoms with van der Waals surface area (Å²) in [6.45, 7) is 1.77. The first-order valence-electron chi connectivity index (χ1n) is 33.9. The summed E-state index contributed by atoms with van der Waals surface area (Å²) in [4.78, 5) is 13.3. The molecule has 0 spiro atoms. The maximum atomic E-state index is 13.3. The molecule has 84 heavy (non-hydrogen) atoms. The minimum Gasteiger partial charge on any atom is -0.394 e. The Kier molecular flexibility index (Phi) is 44.2. The Hall–Kier alpha value is -1.47. The largest absolute Gasteiger partial charge is 0.394 e. The maximum absolute atomic E-state index is 13.3. The Balaban J connectivity index is 1.32. The molecule has 0 aromatic heterocycles. The van der Waals surface area contributed by atoms with Crippen molar-refractivity contribution in [2.75, 3.05) is 26.4 Å². The van der Waals surface area contributed by atoms with Crippen LogP contribution in [0, 0.1) is 0 Å². The fourth-order valence-electron chi connectivity index (χ4n) is 11.8. The van der Waals surface area contributed by atoms with Crippen LogP contribution in [-0.2, 0) is 33.2 Å². The minimum absolute atomic E-state index is 0.242. The van der Waals surface area contributed by atoms with Crippen LogP contribution in [0.5, 0.6) is 0 Å². The van der Waals surface area contributed by atoms with Crippen LogP contribution in [0.1, 0.15) is 264 Å². The molecule has 3 aliphatic rings. The van der Waals surface area contributed by atoms with Crippen molar-refractivity contribution in [3.63, 3.8) is 0 Å². The van der Waals surface area contributed by atoms with E-state index in [1.54, 1.807) is 0 Å². The van der Waals surface area contributed by atoms with Gasteiger partial charge in [-0.1, -0.05) is 231 Å². The van der Waals surface area contributed by atoms with E-state index in [2.05, 4.69) is 31.3 Å². The normalized spacial score (nSPS) is 29.2. The molecular formula is C65H123NO18. The predicted molar refractivity (Wildman–Crippen MR) is 323 cm³/mol. The van der Waals surface area contributed by atoms with Crippen LogP contribution in [0.3, 0.4) is 0 Å². The lowest BCUT2D eigenvalue weighted by Crippen LogP contribution is -2.66. The standard InChI is InChI=1S/C65H123NO18/c1-3-5-7-9-11-13-14-15-16-17-18-19-20-21-22-23-24-25-26-27-28-29-30-31-32-33-34-35-37-39-41-43-53(71)66-48(49(70)42-40-38-36-12-10-8-6-4-2)47-79-63-59(77)56(74)61(51(45-68)81-63)84-65-60(78)57(75)62(52(46-69)82-65)83-64-58(76)55(73)54(72)50(44-67)80-64/h17-18,48-52,54-65,67-70,72-78H,3-16,19-47H2,1-2H3,(H,66,71)/b18-17-. The quantitative estimate of drug-likeness (QED) is 0.0202. The molecule has 1 amide bonds. The Bertz CT molecular complexity index is 1580. The molecule has 17 unspecified atom stereocenters. The van der Waals surface area contributed by atoms with Crippen molar-refractivity contribution in [3.05, 3.63) is 12.2 Å². The van der Waals surface area contributed by atoms with Crippen LogP contribution < -0.4 is 5.32 Å². The number of amides is 1. The van der Waals surface area contributed by atoms with Gasteiger partial charge in [0.25, 0.3) is 0 Å². The fourth-order valence-corrected chi connectivity index (χ4v) is 11.8. The summed E-state index contributed by atoms with van der Waals surface area (Å²) < 4.78 is 34.3. The average molecular weight is 1210 g/mol. The van der Waals surface area contributed by atoms with Crippen molar-refractivity contribution in [2.24, 2.45) is 0 Å². The van der Waals surface area contributed by atoms with E-state index in [9.17, 15) is 61.0 Å². The third kappa shape index (κ3) is 30.8. The zero-order valence-electron chi connectivity index (χ0n) is 52.2. The number of hydrogen-bond donors (Lipinski definition) is 12. The predicted octanol–water partition coefficient (Wildman–Crippen LogP) is 8.11. The highest BCUT2D eigenvalue weighted by Crippen LogP contribution is 2.33. The van der Waals surface area contributed by atoms with Crippen molar-refractivity contribution in [1.29, 1.82) is 0 Å². The molecule has 3 fully saturated rings. The first-order chi connectivity index (χ1) is 40.8. The molecule has 3 aliphatic heterocycles. The van der Waals surface area contributed by atoms with Gasteiger partial charge in [0, 0.05) is 6.42 Å². The van der Waals surface area contributed by atoms with Crippen LogP contribution in [0.4, 0.5) is 0 Å². The number of allylic oxidation sites excluding steroid dienone is 2. The van der Waals surface area contributed by atoms with Crippen molar-refractivity contribution < 1.29 is 89.4 Å². The molecule has 17 atom stereocenters. The number of carbonyl (C=O) groups is 1. The number of rotatable bonds is 52. The second kappa shape index (κ2) is 48.4. The van der Waals surface area contributed by atoms with Gasteiger partial charge in [0.05, 0.1) is 38.6 Å². The Morgan fingerprint density at radius 3 is 1.15 bits per heavy atom. The highest BCUT2D eigenvalue weighted by Gasteiger charge is 2.53. The number of ether oxygens (including phenoxy) is 6. The second-order valence-corrected chi connectivity index (χ2v) is 24.6. The number of nitrogens with one attached hydrogen (secondary N) is 1. The molecule has 19 nitrogen and oxygen atoms in total. The molecule has 3 rings (SSSR count). The first kappa shape index (κ1) is 76.8. The first-order valence-corrected chi connectivity index (χ1v) is 33.9. The van der Waals surface area contributed by atoms with Gasteiger partial charge in [-0.05, 0) is 38.5 Å². The van der Waals surface area contributed by atoms with E-state index in [0.717, 1.165) is 44.9 Å². The van der Waals surface area contributed by atoms with E-state index >= 15 is 0 Å². The van der Waals surface area contributed by atoms with Gasteiger partial charge in [0.15, 0.2) is 18.9 Å². The van der Waals surface area contributed by atoms with E-state index in [1.165, 1.54) is 186 Å². The summed E-state index contributed by atoms with van der Waals surface area (Å²) in [5, 5.41) is 120. The van der Waals surface area contributed by atoms with Gasteiger partial charge >= 0.3 is 0 Å². The van der Waals surface area contributed by atoms with E-state index in [1.807, 2.05) is 0 Å². The number of hydrogen-bond acceptors (Lipinski definition) is 18. The second-order valence-electron chi connectivity index (χ2n) is 24.6. The topological polar surface area (TPSA) is 307 Å². The summed E-state index contributed by atoms with van der Waals surface area (Å²) in [7, 11) is 0. The number of aliphatic hydroxyl groups is 11. The third-order valence-corrected chi connectivity index (χ3v) is 17.3. The molecule has 3 heterocycles. The van der Waals surface area contributed by atoms with Crippen molar-refractivity contribution in [2.45, 2.75) is 369 Å². The minimum atomic E-state index is -1.97. The van der Waals surface area contributed by atoms with Crippen molar-refractivity contribution in [3.8, 4) is 0 Å². The summed E-state index contributed by atoms with van der Waals surface area (Å²) in [6.07, 6.45) is 25.0. The smallest absolute Gasteiger partial charge is 0.220 e. The Morgan fingerprint density at radius 1 is 0.417 bits per heavy atom. The maximum Gasteiger partial charge on any atom is 0.220 e. The molecule has 19 heteroatoms. The fraction of sp³-hybridized carbons (Fsp3) is 0.954. The molecule has 3 saturated heterocycles. The molecule has 0 aromatic rings. The van der Waals surface area contributed by atoms with Gasteiger partial charge in [-0.25, -0.2) is 0 Å². The molecule has 0 aromatic carbocycles. The third-order valence-electron chi connectivity index (χ3n) is 17.3. The van der Waals surface area contributed by atoms with Gasteiger partial charge in [-0.2, -0.15) is 0 Å². The summed E-state index contributed by atoms with van der Waals surface area (Å²) in [5.41, 5.74) is 0. The Labute approximate surface area is 506 Å². The average Bonchev–Trinajstić information content (AvgIpc) is 2.91. The molecule has 12 N–H and O–H groups in total. The summed E-state index contributed by atoms with van der Waals surface area (Å²) >= 11 is 0. The lowest BCUT2D eigenvalue weighted by Gasteiger charge is -2.48. The molecule has 0 bridgehead atoms. The number of aliphatic hydroxyl groups excluding tert-OH is 11. The summed E-state index contributed by atoms with van der Waals surface area (Å²) in [5.74, 6) is -0.242. The van der Waals surface area contributed by atoms with Crippen LogP contribution in [-0.4, -0.2) is 193 Å². The van der Waals surface area contributed by atoms with Gasteiger partial charge in [0.1, 0.15) is 73.2 Å². The van der Waals surface area contributed by atoms with Crippen molar-refractivity contribution >= 4 is 5.91 Å². The van der Waals surface area contributed by atoms with E-state index < -0.39 is 124 Å². The van der Waals surface area contributed by atoms with Crippen LogP contribution >= 0.6 is 0 Å². The molecule has 0 aliphatic carbocycles. The zero-order chi connectivity index (χ0) is 61.2. The van der Waals surface area contributed by atoms with E-state index in [4.69, 9.17) is 28.4 Å². The highest BCUT2D eigenvalue weighted by molar-refractivity contribution is 5.76. The zero-order valence-corrected chi connectivity index (χ0v) is 52.2. The summed E-state index contributed by atoms with van der Waals surface area (Å²) in [6, 6.07) is -0.880. The van der Waals surface area contributed by atoms with Crippen LogP contribution in [0.15, 0.2) is 12.2 Å². The van der Waals surface area contributed by atoms with Gasteiger partial charge in [-0.15, -0.1) is 0 Å². The molecule has 0 radical (unpaired) electrons. The number of unbranched alkanes of at least 4 members (excludes halogenated alkanes) is 34. The molecule has 0 saturated carbocycles. The van der Waals surface area contributed by atoms with E-state index in [-0.39, 0.29) is 18.9 Å². The van der Waals surface area contributed by atoms with E-state index in [0.29, 0.717) is 12.8 Å². The van der Waals surface area contributed by atoms with Gasteiger partial charge in [-0.3, -0.25) is 4.79 Å². The van der Waals surface area contributed by atoms with Gasteiger partial charge in [0.2, 0.25) is 5.91 Å². The molecule has 496 valence electrons. The van der Waals surface area contributed by atoms with Gasteiger partial charge < -0.3 is 89.9 Å². The lowest BCUT2D eigenvalue weighted by atomic mass is 9.96. The SMILES string of the molecule is CCCCCCCCCC/C=C\CCCCCCCCCCCCCCCCCCCCCC(=O)NC(COC1OC(CO)C(OC2OC(CO)C(OC3OC(CO)C(O)C(O)C3O)C(O)C2O)C(O)C1O)C(O)CCCCCCCCCC. The molecular weight excluding hydrogens is 1080 g/mol.